The number of benzene rings is 1. The van der Waals surface area contributed by atoms with E-state index in [2.05, 4.69) is 9.64 Å². The smallest absolute Gasteiger partial charge is 0.434 e. The highest BCUT2D eigenvalue weighted by atomic mass is 19.4. The van der Waals surface area contributed by atoms with Crippen LogP contribution in [-0.4, -0.2) is 93.2 Å². The molecule has 1 aromatic carbocycles. The largest absolute Gasteiger partial charge is 0.463 e. The number of ether oxygens (including phenoxy) is 3. The Balaban J connectivity index is 1.63. The second kappa shape index (κ2) is 11.1. The van der Waals surface area contributed by atoms with Gasteiger partial charge >= 0.3 is 18.4 Å². The molecule has 1 atom stereocenters. The Hall–Kier alpha value is -2.48. The van der Waals surface area contributed by atoms with Gasteiger partial charge in [-0.2, -0.15) is 26.3 Å². The fourth-order valence-electron chi connectivity index (χ4n) is 4.06. The Labute approximate surface area is 197 Å². The monoisotopic (exact) mass is 517 g/mol. The average molecular weight is 517 g/mol. The van der Waals surface area contributed by atoms with E-state index in [0.29, 0.717) is 37.6 Å². The van der Waals surface area contributed by atoms with Crippen LogP contribution in [0.3, 0.4) is 0 Å². The van der Waals surface area contributed by atoms with Gasteiger partial charge in [0.25, 0.3) is 6.10 Å². The minimum Gasteiger partial charge on any atom is -0.463 e. The molecule has 0 N–H and O–H groups in total. The number of morpholine rings is 1. The van der Waals surface area contributed by atoms with Crippen molar-refractivity contribution in [3.8, 4) is 5.75 Å². The zero-order chi connectivity index (χ0) is 25.8. The molecule has 0 bridgehead atoms. The van der Waals surface area contributed by atoms with Crippen molar-refractivity contribution in [1.82, 2.24) is 9.80 Å². The van der Waals surface area contributed by atoms with Gasteiger partial charge in [-0.25, -0.2) is 9.18 Å². The van der Waals surface area contributed by atoms with Gasteiger partial charge in [-0.1, -0.05) is 6.07 Å². The van der Waals surface area contributed by atoms with Gasteiger partial charge in [0.15, 0.2) is 0 Å². The number of amides is 1. The van der Waals surface area contributed by atoms with Crippen LogP contribution in [0.15, 0.2) is 18.2 Å². The predicted octanol–water partition coefficient (Wildman–Crippen LogP) is 3.96. The molecular formula is C21H26F7N3O4. The van der Waals surface area contributed by atoms with E-state index in [0.717, 1.165) is 10.6 Å². The molecule has 0 saturated carbocycles. The Morgan fingerprint density at radius 1 is 1.09 bits per heavy atom. The molecule has 0 aromatic heterocycles. The van der Waals surface area contributed by atoms with Crippen LogP contribution in [0, 0.1) is 0 Å². The average Bonchev–Trinajstić information content (AvgIpc) is 2.78. The van der Waals surface area contributed by atoms with E-state index in [1.807, 2.05) is 11.0 Å². The molecule has 3 rings (SSSR count). The van der Waals surface area contributed by atoms with Gasteiger partial charge in [-0.05, 0) is 13.0 Å². The standard InChI is InChI=1S/C21H26F7N3O4/c1-14-11-29(4-5-31(14)19(32)35-18(20(23,24)25)21(26,27)28)12-15-2-3-16(10-17(15)34-13-22)30-6-8-33-9-7-30/h2-3,10,14,18H,4-9,11-13H2,1H3/t14-/m0/s1. The third kappa shape index (κ3) is 7.03. The Morgan fingerprint density at radius 2 is 1.74 bits per heavy atom. The van der Waals surface area contributed by atoms with Crippen LogP contribution in [-0.2, 0) is 16.0 Å². The first-order chi connectivity index (χ1) is 16.4. The van der Waals surface area contributed by atoms with Gasteiger partial charge in [0.2, 0.25) is 6.86 Å². The van der Waals surface area contributed by atoms with Crippen LogP contribution in [0.5, 0.6) is 5.75 Å². The summed E-state index contributed by atoms with van der Waals surface area (Å²) in [4.78, 5) is 16.9. The first kappa shape index (κ1) is 27.1. The van der Waals surface area contributed by atoms with Gasteiger partial charge in [-0.3, -0.25) is 4.90 Å². The number of anilines is 1. The van der Waals surface area contributed by atoms with Crippen LogP contribution in [0.1, 0.15) is 12.5 Å². The molecule has 0 spiro atoms. The predicted molar refractivity (Wildman–Crippen MR) is 110 cm³/mol. The van der Waals surface area contributed by atoms with Crippen molar-refractivity contribution in [2.75, 3.05) is 57.7 Å². The molecule has 1 amide bonds. The number of nitrogens with zero attached hydrogens (tertiary/aromatic N) is 3. The lowest BCUT2D eigenvalue weighted by Gasteiger charge is -2.40. The second-order valence-electron chi connectivity index (χ2n) is 8.27. The van der Waals surface area contributed by atoms with Crippen molar-refractivity contribution in [1.29, 1.82) is 0 Å². The minimum absolute atomic E-state index is 0.145. The molecule has 2 heterocycles. The van der Waals surface area contributed by atoms with Crippen LogP contribution >= 0.6 is 0 Å². The van der Waals surface area contributed by atoms with Crippen LogP contribution in [0.4, 0.5) is 41.2 Å². The summed E-state index contributed by atoms with van der Waals surface area (Å²) < 4.78 is 104. The fourth-order valence-corrected chi connectivity index (χ4v) is 4.06. The number of halogens is 7. The highest BCUT2D eigenvalue weighted by molar-refractivity contribution is 5.68. The van der Waals surface area contributed by atoms with Gasteiger partial charge in [0, 0.05) is 62.6 Å². The highest BCUT2D eigenvalue weighted by Gasteiger charge is 2.60. The van der Waals surface area contributed by atoms with E-state index in [4.69, 9.17) is 9.47 Å². The molecular weight excluding hydrogens is 491 g/mol. The van der Waals surface area contributed by atoms with Gasteiger partial charge in [0.1, 0.15) is 5.75 Å². The van der Waals surface area contributed by atoms with Crippen molar-refractivity contribution in [2.45, 2.75) is 38.0 Å². The molecule has 1 aromatic rings. The summed E-state index contributed by atoms with van der Waals surface area (Å²) >= 11 is 0. The molecule has 2 fully saturated rings. The summed E-state index contributed by atoms with van der Waals surface area (Å²) in [5.74, 6) is 0.323. The third-order valence-electron chi connectivity index (χ3n) is 5.79. The zero-order valence-corrected chi connectivity index (χ0v) is 18.9. The molecule has 2 aliphatic heterocycles. The van der Waals surface area contributed by atoms with Crippen LogP contribution < -0.4 is 9.64 Å². The van der Waals surface area contributed by atoms with E-state index in [9.17, 15) is 35.5 Å². The van der Waals surface area contributed by atoms with Crippen molar-refractivity contribution in [2.24, 2.45) is 0 Å². The zero-order valence-electron chi connectivity index (χ0n) is 18.9. The lowest BCUT2D eigenvalue weighted by atomic mass is 10.1. The van der Waals surface area contributed by atoms with Crippen molar-refractivity contribution < 1.29 is 49.7 Å². The summed E-state index contributed by atoms with van der Waals surface area (Å²) in [7, 11) is 0. The number of rotatable bonds is 6. The SMILES string of the molecule is C[C@H]1CN(Cc2ccc(N3CCOCC3)cc2OCF)CCN1C(=O)OC(C(F)(F)F)C(F)(F)F. The molecule has 7 nitrogen and oxygen atoms in total. The summed E-state index contributed by atoms with van der Waals surface area (Å²) in [6.45, 7) is 3.37. The molecule has 2 aliphatic rings. The molecule has 0 unspecified atom stereocenters. The van der Waals surface area contributed by atoms with Crippen molar-refractivity contribution >= 4 is 11.8 Å². The minimum atomic E-state index is -5.78. The lowest BCUT2D eigenvalue weighted by Crippen LogP contribution is -2.56. The lowest BCUT2D eigenvalue weighted by molar-refractivity contribution is -0.308. The van der Waals surface area contributed by atoms with Gasteiger partial charge in [0.05, 0.1) is 13.2 Å². The molecule has 0 aliphatic carbocycles. The molecule has 198 valence electrons. The number of carbonyl (C=O) groups is 1. The van der Waals surface area contributed by atoms with Gasteiger partial charge < -0.3 is 24.0 Å². The molecule has 14 heteroatoms. The first-order valence-corrected chi connectivity index (χ1v) is 10.9. The summed E-state index contributed by atoms with van der Waals surface area (Å²) in [5, 5.41) is 0. The third-order valence-corrected chi connectivity index (χ3v) is 5.79. The fraction of sp³-hybridized carbons (Fsp3) is 0.667. The Morgan fingerprint density at radius 3 is 2.31 bits per heavy atom. The van der Waals surface area contributed by atoms with E-state index in [-0.39, 0.29) is 26.2 Å². The van der Waals surface area contributed by atoms with Crippen LogP contribution in [0.25, 0.3) is 0 Å². The summed E-state index contributed by atoms with van der Waals surface area (Å²) in [6.07, 6.45) is -17.4. The normalized spacial score (nSPS) is 20.3. The summed E-state index contributed by atoms with van der Waals surface area (Å²) in [6, 6.07) is 4.62. The van der Waals surface area contributed by atoms with E-state index < -0.39 is 37.5 Å². The maximum absolute atomic E-state index is 13.0. The Bertz CT molecular complexity index is 848. The Kier molecular flexibility index (Phi) is 8.57. The van der Waals surface area contributed by atoms with Crippen molar-refractivity contribution in [3.63, 3.8) is 0 Å². The first-order valence-electron chi connectivity index (χ1n) is 10.9. The van der Waals surface area contributed by atoms with E-state index in [1.165, 1.54) is 6.92 Å². The summed E-state index contributed by atoms with van der Waals surface area (Å²) in [5.41, 5.74) is 1.49. The number of carbonyl (C=O) groups excluding carboxylic acids is 1. The molecule has 2 saturated heterocycles. The highest BCUT2D eigenvalue weighted by Crippen LogP contribution is 2.36. The maximum Gasteiger partial charge on any atom is 0.434 e. The number of hydrogen-bond donors (Lipinski definition) is 0. The molecule has 0 radical (unpaired) electrons. The topological polar surface area (TPSA) is 54.5 Å². The quantitative estimate of drug-likeness (QED) is 0.533. The van der Waals surface area contributed by atoms with Gasteiger partial charge in [-0.15, -0.1) is 0 Å². The molecule has 35 heavy (non-hydrogen) atoms. The van der Waals surface area contributed by atoms with Crippen LogP contribution in [0.2, 0.25) is 0 Å². The number of hydrogen-bond acceptors (Lipinski definition) is 6. The number of piperazine rings is 1. The van der Waals surface area contributed by atoms with E-state index in [1.54, 1.807) is 12.1 Å². The number of alkyl halides is 7. The van der Waals surface area contributed by atoms with Crippen molar-refractivity contribution in [3.05, 3.63) is 23.8 Å². The van der Waals surface area contributed by atoms with E-state index >= 15 is 0 Å². The maximum atomic E-state index is 13.0. The second-order valence-corrected chi connectivity index (χ2v) is 8.27.